The quantitative estimate of drug-likeness (QED) is 0.269. The molecule has 2 aromatic carbocycles. The number of hydrogen-bond donors (Lipinski definition) is 0. The van der Waals surface area contributed by atoms with Crippen LogP contribution in [0.2, 0.25) is 0 Å². The van der Waals surface area contributed by atoms with Crippen molar-refractivity contribution < 1.29 is 13.5 Å². The van der Waals surface area contributed by atoms with E-state index in [9.17, 15) is 4.39 Å². The van der Waals surface area contributed by atoms with E-state index < -0.39 is 11.6 Å². The van der Waals surface area contributed by atoms with Crippen LogP contribution in [0.25, 0.3) is 32.9 Å². The van der Waals surface area contributed by atoms with Crippen LogP contribution < -0.4 is 9.64 Å². The van der Waals surface area contributed by atoms with Gasteiger partial charge in [0.1, 0.15) is 29.5 Å². The molecule has 8 heteroatoms. The number of fused-ring (bicyclic) bond motifs is 3. The Morgan fingerprint density at radius 3 is 2.68 bits per heavy atom. The van der Waals surface area contributed by atoms with Crippen LogP contribution in [0.4, 0.5) is 14.6 Å². The summed E-state index contributed by atoms with van der Waals surface area (Å²) < 4.78 is 37.6. The zero-order valence-corrected chi connectivity index (χ0v) is 23.3. The van der Waals surface area contributed by atoms with Crippen molar-refractivity contribution >= 4 is 27.5 Å². The zero-order chi connectivity index (χ0) is 28.1. The van der Waals surface area contributed by atoms with Crippen molar-refractivity contribution in [3.05, 3.63) is 53.7 Å². The van der Waals surface area contributed by atoms with Gasteiger partial charge in [-0.3, -0.25) is 9.88 Å². The van der Waals surface area contributed by atoms with Crippen molar-refractivity contribution in [2.24, 2.45) is 5.92 Å². The van der Waals surface area contributed by atoms with E-state index in [0.29, 0.717) is 40.1 Å². The number of benzene rings is 2. The van der Waals surface area contributed by atoms with Crippen LogP contribution in [0.15, 0.2) is 36.5 Å². The Morgan fingerprint density at radius 2 is 1.90 bits per heavy atom. The number of aromatic nitrogens is 3. The molecule has 3 aliphatic heterocycles. The summed E-state index contributed by atoms with van der Waals surface area (Å²) in [7, 11) is 0. The van der Waals surface area contributed by atoms with E-state index in [4.69, 9.17) is 16.1 Å². The highest BCUT2D eigenvalue weighted by atomic mass is 19.1. The molecular formula is C33H33F2N5O. The third kappa shape index (κ3) is 4.38. The van der Waals surface area contributed by atoms with Crippen LogP contribution in [-0.4, -0.2) is 58.2 Å². The maximum Gasteiger partial charge on any atom is 0.319 e. The summed E-state index contributed by atoms with van der Waals surface area (Å²) in [6.45, 7) is 6.54. The predicted molar refractivity (Wildman–Crippen MR) is 157 cm³/mol. The third-order valence-electron chi connectivity index (χ3n) is 9.28. The lowest BCUT2D eigenvalue weighted by Crippen LogP contribution is -2.43. The fraction of sp³-hybridized carbons (Fsp3) is 0.424. The van der Waals surface area contributed by atoms with Crippen molar-refractivity contribution in [2.75, 3.05) is 37.7 Å². The second-order valence-corrected chi connectivity index (χ2v) is 11.9. The monoisotopic (exact) mass is 553 g/mol. The Bertz CT molecular complexity index is 1690. The molecule has 4 aromatic rings. The van der Waals surface area contributed by atoms with Gasteiger partial charge in [0.2, 0.25) is 0 Å². The summed E-state index contributed by atoms with van der Waals surface area (Å²) in [5.41, 5.74) is 0.750. The van der Waals surface area contributed by atoms with Gasteiger partial charge in [-0.05, 0) is 69.0 Å². The van der Waals surface area contributed by atoms with E-state index >= 15 is 4.39 Å². The van der Waals surface area contributed by atoms with Crippen molar-refractivity contribution in [2.45, 2.75) is 51.0 Å². The highest BCUT2D eigenvalue weighted by molar-refractivity contribution is 6.02. The molecule has 0 N–H and O–H groups in total. The van der Waals surface area contributed by atoms with E-state index in [2.05, 4.69) is 32.6 Å². The second kappa shape index (κ2) is 10.2. The maximum absolute atomic E-state index is 16.6. The normalized spacial score (nSPS) is 20.4. The number of hydrogen-bond acceptors (Lipinski definition) is 6. The smallest absolute Gasteiger partial charge is 0.319 e. The third-order valence-corrected chi connectivity index (χ3v) is 9.28. The van der Waals surface area contributed by atoms with E-state index in [1.165, 1.54) is 6.07 Å². The molecule has 3 fully saturated rings. The van der Waals surface area contributed by atoms with Crippen molar-refractivity contribution in [3.63, 3.8) is 0 Å². The van der Waals surface area contributed by atoms with Gasteiger partial charge in [0, 0.05) is 30.2 Å². The predicted octanol–water partition coefficient (Wildman–Crippen LogP) is 6.35. The molecule has 0 saturated carbocycles. The van der Waals surface area contributed by atoms with Crippen LogP contribution >= 0.6 is 0 Å². The lowest BCUT2D eigenvalue weighted by Gasteiger charge is -2.33. The van der Waals surface area contributed by atoms with Gasteiger partial charge >= 0.3 is 6.01 Å². The Balaban J connectivity index is 1.37. The van der Waals surface area contributed by atoms with E-state index in [-0.39, 0.29) is 28.3 Å². The molecule has 0 bridgehead atoms. The number of pyridine rings is 1. The van der Waals surface area contributed by atoms with Gasteiger partial charge in [-0.25, -0.2) is 8.78 Å². The average Bonchev–Trinajstić information content (AvgIpc) is 3.57. The number of ether oxygens (including phenoxy) is 1. The average molecular weight is 554 g/mol. The fourth-order valence-electron chi connectivity index (χ4n) is 7.25. The number of rotatable bonds is 5. The Kier molecular flexibility index (Phi) is 6.50. The van der Waals surface area contributed by atoms with Crippen LogP contribution in [-0.2, 0) is 0 Å². The number of anilines is 1. The number of piperidine rings is 1. The SMILES string of the molecule is C#Cc1c(F)ccc2cccc(-c3ncc4c(N5CCCC(C)C5)nc(OCC56CCCN5CCC6)nc4c3F)c12. The Labute approximate surface area is 238 Å². The second-order valence-electron chi connectivity index (χ2n) is 11.9. The van der Waals surface area contributed by atoms with Crippen molar-refractivity contribution in [1.82, 2.24) is 19.9 Å². The molecule has 0 aliphatic carbocycles. The minimum atomic E-state index is -0.595. The lowest BCUT2D eigenvalue weighted by atomic mass is 9.95. The van der Waals surface area contributed by atoms with Gasteiger partial charge in [0.15, 0.2) is 5.82 Å². The van der Waals surface area contributed by atoms with Gasteiger partial charge in [-0.15, -0.1) is 6.42 Å². The minimum Gasteiger partial charge on any atom is -0.461 e. The molecule has 0 amide bonds. The summed E-state index contributed by atoms with van der Waals surface area (Å²) in [6.07, 6.45) is 14.0. The molecule has 210 valence electrons. The highest BCUT2D eigenvalue weighted by Gasteiger charge is 2.45. The first-order valence-electron chi connectivity index (χ1n) is 14.6. The van der Waals surface area contributed by atoms with Crippen LogP contribution in [0, 0.1) is 29.9 Å². The molecule has 1 atom stereocenters. The molecule has 3 saturated heterocycles. The Morgan fingerprint density at radius 1 is 1.07 bits per heavy atom. The zero-order valence-electron chi connectivity index (χ0n) is 23.3. The van der Waals surface area contributed by atoms with Crippen molar-refractivity contribution in [3.8, 4) is 29.6 Å². The molecular weight excluding hydrogens is 520 g/mol. The standard InChI is InChI=1S/C33H33F2N5O/c1-3-23-26(34)12-11-22-9-4-10-24(27(22)23)29-28(35)30-25(18-36-29)31(39-15-5-8-21(2)19-39)38-32(37-30)41-20-33-13-6-16-40(33)17-7-14-33/h1,4,9-12,18,21H,5-8,13-17,19-20H2,2H3. The number of nitrogens with zero attached hydrogens (tertiary/aromatic N) is 5. The number of terminal acetylenes is 1. The number of halogens is 2. The molecule has 2 aromatic heterocycles. The molecule has 0 radical (unpaired) electrons. The van der Waals surface area contributed by atoms with Crippen LogP contribution in [0.5, 0.6) is 6.01 Å². The van der Waals surface area contributed by atoms with Crippen LogP contribution in [0.3, 0.4) is 0 Å². The maximum atomic E-state index is 16.6. The Hall–Kier alpha value is -3.83. The molecule has 5 heterocycles. The van der Waals surface area contributed by atoms with Gasteiger partial charge in [-0.2, -0.15) is 9.97 Å². The summed E-state index contributed by atoms with van der Waals surface area (Å²) in [4.78, 5) is 18.8. The molecule has 6 nitrogen and oxygen atoms in total. The molecule has 3 aliphatic rings. The summed E-state index contributed by atoms with van der Waals surface area (Å²) in [6, 6.07) is 8.51. The molecule has 7 rings (SSSR count). The first-order chi connectivity index (χ1) is 20.0. The van der Waals surface area contributed by atoms with Gasteiger partial charge in [0.25, 0.3) is 0 Å². The van der Waals surface area contributed by atoms with E-state index in [1.54, 1.807) is 24.4 Å². The van der Waals surface area contributed by atoms with Crippen LogP contribution in [0.1, 0.15) is 51.0 Å². The van der Waals surface area contributed by atoms with Crippen molar-refractivity contribution in [1.29, 1.82) is 0 Å². The topological polar surface area (TPSA) is 54.4 Å². The summed E-state index contributed by atoms with van der Waals surface area (Å²) in [5.74, 6) is 2.47. The summed E-state index contributed by atoms with van der Waals surface area (Å²) in [5, 5.41) is 1.71. The van der Waals surface area contributed by atoms with Gasteiger partial charge in [0.05, 0.1) is 16.5 Å². The highest BCUT2D eigenvalue weighted by Crippen LogP contribution is 2.40. The first-order valence-corrected chi connectivity index (χ1v) is 14.6. The minimum absolute atomic E-state index is 0.0126. The molecule has 0 spiro atoms. The van der Waals surface area contributed by atoms with E-state index in [1.807, 2.05) is 6.07 Å². The molecule has 1 unspecified atom stereocenters. The van der Waals surface area contributed by atoms with E-state index in [0.717, 1.165) is 64.7 Å². The first kappa shape index (κ1) is 26.1. The molecule has 41 heavy (non-hydrogen) atoms. The summed E-state index contributed by atoms with van der Waals surface area (Å²) >= 11 is 0. The van der Waals surface area contributed by atoms with Gasteiger partial charge < -0.3 is 9.64 Å². The lowest BCUT2D eigenvalue weighted by molar-refractivity contribution is 0.108. The fourth-order valence-corrected chi connectivity index (χ4v) is 7.25. The van der Waals surface area contributed by atoms with Gasteiger partial charge in [-0.1, -0.05) is 37.1 Å². The largest absolute Gasteiger partial charge is 0.461 e.